The van der Waals surface area contributed by atoms with E-state index in [1.807, 2.05) is 54.6 Å². The van der Waals surface area contributed by atoms with Gasteiger partial charge in [-0.05, 0) is 35.4 Å². The van der Waals surface area contributed by atoms with E-state index in [0.717, 1.165) is 23.2 Å². The highest BCUT2D eigenvalue weighted by atomic mass is 35.5. The minimum absolute atomic E-state index is 0.447. The number of halogens is 2. The molecule has 3 aromatic rings. The summed E-state index contributed by atoms with van der Waals surface area (Å²) < 4.78 is 5.77. The lowest BCUT2D eigenvalue weighted by Crippen LogP contribution is -1.94. The normalized spacial score (nSPS) is 10.4. The molecule has 0 aromatic heterocycles. The Morgan fingerprint density at radius 2 is 1.50 bits per heavy atom. The molecule has 24 heavy (non-hydrogen) atoms. The first kappa shape index (κ1) is 16.6. The molecule has 0 atom stereocenters. The van der Waals surface area contributed by atoms with Crippen molar-refractivity contribution >= 4 is 29.5 Å². The Kier molecular flexibility index (Phi) is 5.19. The highest BCUT2D eigenvalue weighted by Crippen LogP contribution is 2.36. The van der Waals surface area contributed by atoms with Crippen LogP contribution in [0.4, 0.5) is 0 Å². The first-order valence-corrected chi connectivity index (χ1v) is 8.14. The summed E-state index contributed by atoms with van der Waals surface area (Å²) in [7, 11) is 0. The van der Waals surface area contributed by atoms with Gasteiger partial charge in [-0.1, -0.05) is 65.7 Å². The molecule has 0 aliphatic rings. The van der Waals surface area contributed by atoms with Crippen molar-refractivity contribution in [1.82, 2.24) is 0 Å². The fraction of sp³-hybridized carbons (Fsp3) is 0.0500. The van der Waals surface area contributed by atoms with Crippen LogP contribution in [-0.2, 0) is 6.61 Å². The van der Waals surface area contributed by atoms with Crippen molar-refractivity contribution < 1.29 is 9.53 Å². The van der Waals surface area contributed by atoms with Gasteiger partial charge in [0.2, 0.25) is 0 Å². The third-order valence-electron chi connectivity index (χ3n) is 3.59. The average molecular weight is 357 g/mol. The quantitative estimate of drug-likeness (QED) is 0.520. The van der Waals surface area contributed by atoms with Gasteiger partial charge in [-0.2, -0.15) is 0 Å². The fourth-order valence-electron chi connectivity index (χ4n) is 2.40. The molecule has 0 bridgehead atoms. The molecule has 0 saturated heterocycles. The molecule has 3 aromatic carbocycles. The second-order valence-corrected chi connectivity index (χ2v) is 6.09. The van der Waals surface area contributed by atoms with Crippen LogP contribution in [0.1, 0.15) is 15.9 Å². The Hall–Kier alpha value is -2.29. The van der Waals surface area contributed by atoms with E-state index in [4.69, 9.17) is 27.9 Å². The Balaban J connectivity index is 1.79. The van der Waals surface area contributed by atoms with E-state index in [1.54, 1.807) is 12.1 Å². The number of carbonyl (C=O) groups excluding carboxylic acids is 1. The maximum Gasteiger partial charge on any atom is 0.150 e. The van der Waals surface area contributed by atoms with Gasteiger partial charge in [0.1, 0.15) is 18.6 Å². The average Bonchev–Trinajstić information content (AvgIpc) is 2.61. The van der Waals surface area contributed by atoms with Crippen LogP contribution in [0.5, 0.6) is 5.75 Å². The monoisotopic (exact) mass is 356 g/mol. The lowest BCUT2D eigenvalue weighted by molar-refractivity contribution is 0.112. The van der Waals surface area contributed by atoms with Gasteiger partial charge in [-0.25, -0.2) is 0 Å². The van der Waals surface area contributed by atoms with E-state index in [2.05, 4.69) is 0 Å². The van der Waals surface area contributed by atoms with E-state index in [0.29, 0.717) is 27.8 Å². The summed E-state index contributed by atoms with van der Waals surface area (Å²) >= 11 is 12.5. The highest BCUT2D eigenvalue weighted by Gasteiger charge is 2.10. The summed E-state index contributed by atoms with van der Waals surface area (Å²) in [5, 5.41) is 0.894. The zero-order valence-corrected chi connectivity index (χ0v) is 14.2. The Bertz CT molecular complexity index is 820. The number of rotatable bonds is 5. The topological polar surface area (TPSA) is 26.3 Å². The molecule has 120 valence electrons. The molecular weight excluding hydrogens is 343 g/mol. The van der Waals surface area contributed by atoms with Crippen LogP contribution < -0.4 is 4.74 Å². The number of ether oxygens (including phenoxy) is 1. The minimum Gasteiger partial charge on any atom is -0.489 e. The zero-order chi connectivity index (χ0) is 16.9. The predicted molar refractivity (Wildman–Crippen MR) is 98.1 cm³/mol. The molecule has 0 spiro atoms. The smallest absolute Gasteiger partial charge is 0.150 e. The Morgan fingerprint density at radius 3 is 2.08 bits per heavy atom. The molecule has 0 radical (unpaired) electrons. The van der Waals surface area contributed by atoms with Gasteiger partial charge in [0.25, 0.3) is 0 Å². The number of hydrogen-bond acceptors (Lipinski definition) is 2. The summed E-state index contributed by atoms with van der Waals surface area (Å²) in [4.78, 5) is 10.9. The van der Waals surface area contributed by atoms with Gasteiger partial charge >= 0.3 is 0 Å². The number of carbonyl (C=O) groups is 1. The molecule has 3 rings (SSSR count). The van der Waals surface area contributed by atoms with Crippen LogP contribution in [0.15, 0.2) is 66.7 Å². The SMILES string of the molecule is O=Cc1cc(Cl)c(-c2ccc(OCc3ccccc3)cc2)c(Cl)c1. The van der Waals surface area contributed by atoms with Gasteiger partial charge in [0, 0.05) is 11.1 Å². The lowest BCUT2D eigenvalue weighted by Gasteiger charge is -2.10. The second kappa shape index (κ2) is 7.52. The van der Waals surface area contributed by atoms with Crippen molar-refractivity contribution in [2.45, 2.75) is 6.61 Å². The van der Waals surface area contributed by atoms with E-state index in [1.165, 1.54) is 0 Å². The van der Waals surface area contributed by atoms with Gasteiger partial charge < -0.3 is 4.74 Å². The minimum atomic E-state index is 0.447. The molecule has 0 aliphatic carbocycles. The van der Waals surface area contributed by atoms with E-state index in [-0.39, 0.29) is 0 Å². The fourth-order valence-corrected chi connectivity index (χ4v) is 3.12. The zero-order valence-electron chi connectivity index (χ0n) is 12.7. The van der Waals surface area contributed by atoms with Crippen molar-refractivity contribution in [2.75, 3.05) is 0 Å². The number of hydrogen-bond donors (Lipinski definition) is 0. The lowest BCUT2D eigenvalue weighted by atomic mass is 10.0. The van der Waals surface area contributed by atoms with Crippen LogP contribution in [0.3, 0.4) is 0 Å². The van der Waals surface area contributed by atoms with Gasteiger partial charge in [-0.3, -0.25) is 4.79 Å². The Morgan fingerprint density at radius 1 is 0.875 bits per heavy atom. The first-order valence-electron chi connectivity index (χ1n) is 7.39. The van der Waals surface area contributed by atoms with E-state index < -0.39 is 0 Å². The van der Waals surface area contributed by atoms with Crippen molar-refractivity contribution in [3.63, 3.8) is 0 Å². The van der Waals surface area contributed by atoms with Crippen molar-refractivity contribution in [2.24, 2.45) is 0 Å². The highest BCUT2D eigenvalue weighted by molar-refractivity contribution is 6.39. The summed E-state index contributed by atoms with van der Waals surface area (Å²) in [6.07, 6.45) is 0.724. The second-order valence-electron chi connectivity index (χ2n) is 5.28. The molecule has 0 saturated carbocycles. The maximum atomic E-state index is 10.9. The Labute approximate surface area is 150 Å². The standard InChI is InChI=1S/C20H14Cl2O2/c21-18-10-15(12-23)11-19(22)20(18)16-6-8-17(9-7-16)24-13-14-4-2-1-3-5-14/h1-12H,13H2. The number of benzene rings is 3. The third-order valence-corrected chi connectivity index (χ3v) is 4.19. The maximum absolute atomic E-state index is 10.9. The number of aldehydes is 1. The van der Waals surface area contributed by atoms with E-state index in [9.17, 15) is 4.79 Å². The molecule has 2 nitrogen and oxygen atoms in total. The van der Waals surface area contributed by atoms with Gasteiger partial charge in [0.15, 0.2) is 0 Å². The van der Waals surface area contributed by atoms with E-state index >= 15 is 0 Å². The van der Waals surface area contributed by atoms with Crippen LogP contribution in [0.2, 0.25) is 10.0 Å². The van der Waals surface area contributed by atoms with Crippen LogP contribution >= 0.6 is 23.2 Å². The van der Waals surface area contributed by atoms with Crippen LogP contribution in [-0.4, -0.2) is 6.29 Å². The summed E-state index contributed by atoms with van der Waals surface area (Å²) in [6.45, 7) is 0.510. The van der Waals surface area contributed by atoms with Crippen molar-refractivity contribution in [3.05, 3.63) is 87.9 Å². The molecule has 4 heteroatoms. The molecule has 0 heterocycles. The van der Waals surface area contributed by atoms with Crippen LogP contribution in [0.25, 0.3) is 11.1 Å². The molecule has 0 N–H and O–H groups in total. The van der Waals surface area contributed by atoms with Crippen molar-refractivity contribution in [1.29, 1.82) is 0 Å². The third kappa shape index (κ3) is 3.78. The van der Waals surface area contributed by atoms with Crippen molar-refractivity contribution in [3.8, 4) is 16.9 Å². The molecular formula is C20H14Cl2O2. The summed E-state index contributed by atoms with van der Waals surface area (Å²) in [5.74, 6) is 0.763. The largest absolute Gasteiger partial charge is 0.489 e. The van der Waals surface area contributed by atoms with Gasteiger partial charge in [-0.15, -0.1) is 0 Å². The molecule has 0 aliphatic heterocycles. The van der Waals surface area contributed by atoms with Crippen LogP contribution in [0, 0.1) is 0 Å². The summed E-state index contributed by atoms with van der Waals surface area (Å²) in [6, 6.07) is 20.7. The van der Waals surface area contributed by atoms with Gasteiger partial charge in [0.05, 0.1) is 10.0 Å². The first-order chi connectivity index (χ1) is 11.7. The summed E-state index contributed by atoms with van der Waals surface area (Å²) in [5.41, 5.74) is 3.14. The molecule has 0 unspecified atom stereocenters. The molecule has 0 amide bonds. The molecule has 0 fully saturated rings. The predicted octanol–water partition coefficient (Wildman–Crippen LogP) is 6.05.